The van der Waals surface area contributed by atoms with Gasteiger partial charge in [0.1, 0.15) is 17.4 Å². The number of carbonyl (C=O) groups is 2. The number of ketones is 1. The van der Waals surface area contributed by atoms with Gasteiger partial charge in [0, 0.05) is 17.7 Å². The third-order valence-electron chi connectivity index (χ3n) is 4.74. The van der Waals surface area contributed by atoms with Gasteiger partial charge in [-0.05, 0) is 31.2 Å². The topological polar surface area (TPSA) is 73.2 Å². The highest BCUT2D eigenvalue weighted by Gasteiger charge is 2.15. The van der Waals surface area contributed by atoms with E-state index in [4.69, 9.17) is 4.74 Å². The Morgan fingerprint density at radius 2 is 1.66 bits per heavy atom. The molecule has 0 radical (unpaired) electrons. The second kappa shape index (κ2) is 9.26. The minimum atomic E-state index is -0.690. The first-order chi connectivity index (χ1) is 15.5. The lowest BCUT2D eigenvalue weighted by molar-refractivity contribution is -0.118. The highest BCUT2D eigenvalue weighted by Crippen LogP contribution is 2.25. The number of nitrogens with one attached hydrogen (secondary N) is 1. The minimum absolute atomic E-state index is 0.0259. The third kappa shape index (κ3) is 4.73. The molecule has 0 aliphatic rings. The summed E-state index contributed by atoms with van der Waals surface area (Å²) >= 11 is 0. The lowest BCUT2D eigenvalue weighted by Gasteiger charge is -2.10. The number of anilines is 1. The predicted octanol–water partition coefficient (Wildman–Crippen LogP) is 4.90. The molecule has 0 atom stereocenters. The number of carbonyl (C=O) groups excluding carboxylic acids is 2. The Morgan fingerprint density at radius 3 is 2.31 bits per heavy atom. The molecule has 7 heteroatoms. The molecule has 6 nitrogen and oxygen atoms in total. The number of rotatable bonds is 7. The summed E-state index contributed by atoms with van der Waals surface area (Å²) in [4.78, 5) is 23.9. The van der Waals surface area contributed by atoms with Gasteiger partial charge < -0.3 is 10.1 Å². The van der Waals surface area contributed by atoms with Gasteiger partial charge in [-0.25, -0.2) is 9.07 Å². The summed E-state index contributed by atoms with van der Waals surface area (Å²) in [5, 5.41) is 7.44. The number of ether oxygens (including phenoxy) is 1. The van der Waals surface area contributed by atoms with E-state index in [1.165, 1.54) is 19.1 Å². The number of nitrogens with zero attached hydrogens (tertiary/aromatic N) is 2. The maximum Gasteiger partial charge on any atom is 0.263 e. The number of hydrogen-bond acceptors (Lipinski definition) is 4. The van der Waals surface area contributed by atoms with Crippen LogP contribution in [-0.2, 0) is 4.79 Å². The van der Waals surface area contributed by atoms with Crippen molar-refractivity contribution < 1.29 is 18.7 Å². The molecule has 0 aliphatic carbocycles. The van der Waals surface area contributed by atoms with E-state index in [1.54, 1.807) is 10.7 Å². The fourth-order valence-electron chi connectivity index (χ4n) is 3.19. The van der Waals surface area contributed by atoms with E-state index in [2.05, 4.69) is 10.4 Å². The zero-order chi connectivity index (χ0) is 22.5. The number of hydrogen-bond donors (Lipinski definition) is 1. The summed E-state index contributed by atoms with van der Waals surface area (Å²) < 4.78 is 21.0. The van der Waals surface area contributed by atoms with Crippen molar-refractivity contribution >= 4 is 17.5 Å². The maximum atomic E-state index is 14.0. The standard InChI is InChI=1S/C25H20FN3O3/c1-17(30)21-13-12-20(14-22(21)26)32-16-25(31)27-24-15-23(18-8-4-2-5-9-18)28-29(24)19-10-6-3-7-11-19/h2-15H,16H2,1H3,(H,27,31). The fraction of sp³-hybridized carbons (Fsp3) is 0.0800. The van der Waals surface area contributed by atoms with Crippen molar-refractivity contribution in [3.63, 3.8) is 0 Å². The molecule has 0 saturated carbocycles. The van der Waals surface area contributed by atoms with Crippen LogP contribution >= 0.6 is 0 Å². The molecule has 0 unspecified atom stereocenters. The molecule has 1 aromatic heterocycles. The molecular formula is C25H20FN3O3. The number of para-hydroxylation sites is 1. The molecule has 1 N–H and O–H groups in total. The number of halogens is 1. The van der Waals surface area contributed by atoms with Crippen molar-refractivity contribution in [2.24, 2.45) is 0 Å². The van der Waals surface area contributed by atoms with Gasteiger partial charge in [0.2, 0.25) is 0 Å². The van der Waals surface area contributed by atoms with E-state index in [-0.39, 0.29) is 23.7 Å². The van der Waals surface area contributed by atoms with Crippen molar-refractivity contribution in [1.29, 1.82) is 0 Å². The normalized spacial score (nSPS) is 10.6. The molecule has 160 valence electrons. The summed E-state index contributed by atoms with van der Waals surface area (Å²) in [5.41, 5.74) is 2.37. The molecule has 4 rings (SSSR count). The van der Waals surface area contributed by atoms with Gasteiger partial charge in [-0.15, -0.1) is 0 Å². The Labute approximate surface area is 184 Å². The van der Waals surface area contributed by atoms with Gasteiger partial charge >= 0.3 is 0 Å². The van der Waals surface area contributed by atoms with Crippen LogP contribution in [0, 0.1) is 5.82 Å². The van der Waals surface area contributed by atoms with Crippen molar-refractivity contribution in [2.45, 2.75) is 6.92 Å². The molecule has 0 aliphatic heterocycles. The first-order valence-electron chi connectivity index (χ1n) is 9.95. The van der Waals surface area contributed by atoms with Crippen molar-refractivity contribution in [2.75, 3.05) is 11.9 Å². The molecular weight excluding hydrogens is 409 g/mol. The molecule has 0 bridgehead atoms. The minimum Gasteiger partial charge on any atom is -0.484 e. The van der Waals surface area contributed by atoms with Crippen LogP contribution in [0.1, 0.15) is 17.3 Å². The van der Waals surface area contributed by atoms with Crippen LogP contribution in [-0.4, -0.2) is 28.1 Å². The van der Waals surface area contributed by atoms with Gasteiger partial charge in [-0.3, -0.25) is 9.59 Å². The Morgan fingerprint density at radius 1 is 0.969 bits per heavy atom. The van der Waals surface area contributed by atoms with Gasteiger partial charge in [0.15, 0.2) is 12.4 Å². The highest BCUT2D eigenvalue weighted by atomic mass is 19.1. The Kier molecular flexibility index (Phi) is 6.07. The number of Topliss-reactive ketones (excluding diaryl/α,β-unsaturated/α-hetero) is 1. The van der Waals surface area contributed by atoms with Gasteiger partial charge in [-0.1, -0.05) is 48.5 Å². The van der Waals surface area contributed by atoms with Crippen molar-refractivity contribution in [1.82, 2.24) is 9.78 Å². The second-order valence-corrected chi connectivity index (χ2v) is 7.06. The number of amides is 1. The van der Waals surface area contributed by atoms with Gasteiger partial charge in [0.05, 0.1) is 16.9 Å². The molecule has 4 aromatic rings. The quantitative estimate of drug-likeness (QED) is 0.424. The summed E-state index contributed by atoms with van der Waals surface area (Å²) in [6.45, 7) is 0.950. The Balaban J connectivity index is 1.53. The van der Waals surface area contributed by atoms with Crippen LogP contribution < -0.4 is 10.1 Å². The van der Waals surface area contributed by atoms with Crippen LogP contribution in [0.2, 0.25) is 0 Å². The predicted molar refractivity (Wildman–Crippen MR) is 120 cm³/mol. The second-order valence-electron chi connectivity index (χ2n) is 7.06. The summed E-state index contributed by atoms with van der Waals surface area (Å²) in [6.07, 6.45) is 0. The first-order valence-corrected chi connectivity index (χ1v) is 9.95. The Hall–Kier alpha value is -4.26. The van der Waals surface area contributed by atoms with E-state index < -0.39 is 11.7 Å². The lowest BCUT2D eigenvalue weighted by Crippen LogP contribution is -2.22. The average Bonchev–Trinajstić information content (AvgIpc) is 3.22. The van der Waals surface area contributed by atoms with E-state index >= 15 is 0 Å². The Bertz CT molecular complexity index is 1250. The lowest BCUT2D eigenvalue weighted by atomic mass is 10.1. The number of aromatic nitrogens is 2. The summed E-state index contributed by atoms with van der Waals surface area (Å²) in [7, 11) is 0. The molecule has 0 saturated heterocycles. The summed E-state index contributed by atoms with van der Waals surface area (Å²) in [5.74, 6) is -0.871. The first kappa shape index (κ1) is 21.0. The van der Waals surface area contributed by atoms with E-state index in [0.717, 1.165) is 17.3 Å². The molecule has 3 aromatic carbocycles. The van der Waals surface area contributed by atoms with Crippen LogP contribution in [0.25, 0.3) is 16.9 Å². The summed E-state index contributed by atoms with van der Waals surface area (Å²) in [6, 6.07) is 24.7. The maximum absolute atomic E-state index is 14.0. The zero-order valence-electron chi connectivity index (χ0n) is 17.3. The van der Waals surface area contributed by atoms with Crippen LogP contribution in [0.5, 0.6) is 5.75 Å². The van der Waals surface area contributed by atoms with Crippen LogP contribution in [0.15, 0.2) is 84.9 Å². The average molecular weight is 429 g/mol. The third-order valence-corrected chi connectivity index (χ3v) is 4.74. The molecule has 1 amide bonds. The molecule has 32 heavy (non-hydrogen) atoms. The van der Waals surface area contributed by atoms with Gasteiger partial charge in [-0.2, -0.15) is 5.10 Å². The molecule has 0 spiro atoms. The highest BCUT2D eigenvalue weighted by molar-refractivity contribution is 5.94. The smallest absolute Gasteiger partial charge is 0.263 e. The van der Waals surface area contributed by atoms with E-state index in [0.29, 0.717) is 11.5 Å². The largest absolute Gasteiger partial charge is 0.484 e. The van der Waals surface area contributed by atoms with E-state index in [9.17, 15) is 14.0 Å². The number of benzene rings is 3. The molecule has 0 fully saturated rings. The molecule has 1 heterocycles. The zero-order valence-corrected chi connectivity index (χ0v) is 17.3. The van der Waals surface area contributed by atoms with Crippen molar-refractivity contribution in [3.05, 3.63) is 96.3 Å². The SMILES string of the molecule is CC(=O)c1ccc(OCC(=O)Nc2cc(-c3ccccc3)nn2-c2ccccc2)cc1F. The van der Waals surface area contributed by atoms with Crippen LogP contribution in [0.3, 0.4) is 0 Å². The van der Waals surface area contributed by atoms with Crippen molar-refractivity contribution in [3.8, 4) is 22.7 Å². The van der Waals surface area contributed by atoms with Crippen LogP contribution in [0.4, 0.5) is 10.2 Å². The fourth-order valence-corrected chi connectivity index (χ4v) is 3.19. The van der Waals surface area contributed by atoms with Gasteiger partial charge in [0.25, 0.3) is 5.91 Å². The van der Waals surface area contributed by atoms with E-state index in [1.807, 2.05) is 60.7 Å². The monoisotopic (exact) mass is 429 g/mol.